The Hall–Kier alpha value is -8.86. The van der Waals surface area contributed by atoms with Crippen LogP contribution in [0, 0.1) is 0 Å². The molecule has 0 spiro atoms. The first kappa shape index (κ1) is 42.1. The maximum atomic E-state index is 4.95. The molecule has 0 atom stereocenters. The Labute approximate surface area is 420 Å². The third-order valence-corrected chi connectivity index (χ3v) is 15.9. The second kappa shape index (κ2) is 15.8. The van der Waals surface area contributed by atoms with Gasteiger partial charge >= 0.3 is 0 Å². The van der Waals surface area contributed by atoms with E-state index in [0.29, 0.717) is 0 Å². The van der Waals surface area contributed by atoms with E-state index in [1.165, 1.54) is 76.8 Å². The van der Waals surface area contributed by atoms with Gasteiger partial charge in [0.1, 0.15) is 0 Å². The third kappa shape index (κ3) is 6.05. The van der Waals surface area contributed by atoms with Crippen LogP contribution in [0.3, 0.4) is 0 Å². The van der Waals surface area contributed by atoms with E-state index >= 15 is 0 Å². The molecule has 4 heteroatoms. The van der Waals surface area contributed by atoms with Gasteiger partial charge in [-0.3, -0.25) is 9.97 Å². The summed E-state index contributed by atoms with van der Waals surface area (Å²) in [5, 5.41) is 7.23. The summed E-state index contributed by atoms with van der Waals surface area (Å²) in [4.78, 5) is 14.9. The Morgan fingerprint density at radius 2 is 0.653 bits per heavy atom. The molecule has 0 amide bonds. The smallest absolute Gasteiger partial charge is 0.0723 e. The number of nitrogens with zero attached hydrogens (tertiary/aromatic N) is 4. The average Bonchev–Trinajstić information content (AvgIpc) is 3.82. The largest absolute Gasteiger partial charge is 0.309 e. The summed E-state index contributed by atoms with van der Waals surface area (Å²) in [6.07, 6.45) is 3.79. The van der Waals surface area contributed by atoms with Crippen molar-refractivity contribution in [1.29, 1.82) is 0 Å². The Kier molecular flexibility index (Phi) is 9.25. The van der Waals surface area contributed by atoms with Crippen molar-refractivity contribution < 1.29 is 0 Å². The van der Waals surface area contributed by atoms with Crippen LogP contribution in [0.25, 0.3) is 77.1 Å². The van der Waals surface area contributed by atoms with Crippen molar-refractivity contribution in [3.05, 3.63) is 253 Å². The van der Waals surface area contributed by atoms with Crippen LogP contribution < -0.4 is 9.80 Å². The monoisotopic (exact) mass is 922 g/mol. The van der Waals surface area contributed by atoms with Crippen LogP contribution in [0.1, 0.15) is 49.9 Å². The molecule has 14 rings (SSSR count). The standard InChI is InChI=1S/C68H50N4/c1-67(2)51-23-9-5-19-45(51)65-53(67)25-17-31-61(65)71(57-29-11-7-21-47(57)55-27-13-15-41-69-55)59-39-35-43-34-38-50-60(40-36-44-33-37-49(59)63(43)64(44)50)72(58-30-12-8-22-48(58)56-28-14-16-42-70-56)62-32-18-26-54-66(62)46-20-6-10-24-52(46)68(54,3)4/h5-42H,1-4H3. The summed E-state index contributed by atoms with van der Waals surface area (Å²) in [5.41, 5.74) is 20.7. The van der Waals surface area contributed by atoms with Crippen LogP contribution in [-0.2, 0) is 10.8 Å². The highest BCUT2D eigenvalue weighted by molar-refractivity contribution is 6.28. The molecule has 2 heterocycles. The topological polar surface area (TPSA) is 32.3 Å². The highest BCUT2D eigenvalue weighted by atomic mass is 15.2. The molecule has 0 fully saturated rings. The fourth-order valence-corrected chi connectivity index (χ4v) is 12.6. The van der Waals surface area contributed by atoms with Gasteiger partial charge in [-0.25, -0.2) is 0 Å². The molecule has 10 aromatic carbocycles. The normalized spacial score (nSPS) is 13.8. The van der Waals surface area contributed by atoms with Crippen molar-refractivity contribution in [3.8, 4) is 44.8 Å². The lowest BCUT2D eigenvalue weighted by Crippen LogP contribution is -2.16. The molecule has 4 nitrogen and oxygen atoms in total. The number of pyridine rings is 2. The zero-order valence-corrected chi connectivity index (χ0v) is 40.7. The molecule has 0 saturated carbocycles. The van der Waals surface area contributed by atoms with Gasteiger partial charge in [-0.05, 0) is 116 Å². The number of hydrogen-bond donors (Lipinski definition) is 0. The van der Waals surface area contributed by atoms with E-state index in [1.807, 2.05) is 24.5 Å². The van der Waals surface area contributed by atoms with Gasteiger partial charge in [-0.15, -0.1) is 0 Å². The maximum absolute atomic E-state index is 4.95. The molecule has 0 saturated heterocycles. The van der Waals surface area contributed by atoms with Crippen LogP contribution >= 0.6 is 0 Å². The maximum Gasteiger partial charge on any atom is 0.0723 e. The van der Waals surface area contributed by atoms with E-state index in [1.54, 1.807) is 0 Å². The first-order valence-electron chi connectivity index (χ1n) is 25.1. The minimum atomic E-state index is -0.176. The molecule has 2 aliphatic rings. The first-order valence-corrected chi connectivity index (χ1v) is 25.1. The van der Waals surface area contributed by atoms with Crippen molar-refractivity contribution >= 4 is 66.4 Å². The molecule has 2 aromatic heterocycles. The minimum absolute atomic E-state index is 0.176. The van der Waals surface area contributed by atoms with Gasteiger partial charge in [-0.1, -0.05) is 185 Å². The molecule has 2 aliphatic carbocycles. The van der Waals surface area contributed by atoms with Gasteiger partial charge in [0, 0.05) is 56.2 Å². The summed E-state index contributed by atoms with van der Waals surface area (Å²) in [5.74, 6) is 0. The number of para-hydroxylation sites is 2. The third-order valence-electron chi connectivity index (χ3n) is 15.9. The van der Waals surface area contributed by atoms with Crippen molar-refractivity contribution in [2.75, 3.05) is 9.80 Å². The van der Waals surface area contributed by atoms with Gasteiger partial charge in [0.15, 0.2) is 0 Å². The molecule has 342 valence electrons. The van der Waals surface area contributed by atoms with Crippen molar-refractivity contribution in [1.82, 2.24) is 9.97 Å². The van der Waals surface area contributed by atoms with E-state index < -0.39 is 0 Å². The number of rotatable bonds is 8. The molecule has 0 aliphatic heterocycles. The van der Waals surface area contributed by atoms with E-state index in [4.69, 9.17) is 9.97 Å². The highest BCUT2D eigenvalue weighted by Crippen LogP contribution is 2.58. The number of fused-ring (bicyclic) bond motifs is 6. The Morgan fingerprint density at radius 1 is 0.292 bits per heavy atom. The highest BCUT2D eigenvalue weighted by Gasteiger charge is 2.40. The lowest BCUT2D eigenvalue weighted by Gasteiger charge is -2.32. The van der Waals surface area contributed by atoms with E-state index in [2.05, 4.69) is 244 Å². The van der Waals surface area contributed by atoms with Crippen molar-refractivity contribution in [2.45, 2.75) is 38.5 Å². The summed E-state index contributed by atoms with van der Waals surface area (Å²) in [7, 11) is 0. The molecule has 72 heavy (non-hydrogen) atoms. The summed E-state index contributed by atoms with van der Waals surface area (Å²) in [6.45, 7) is 9.46. The predicted octanol–water partition coefficient (Wildman–Crippen LogP) is 18.3. The summed E-state index contributed by atoms with van der Waals surface area (Å²) in [6, 6.07) is 80.4. The fraction of sp³-hybridized carbons (Fsp3) is 0.0882. The zero-order chi connectivity index (χ0) is 48.3. The molecular weight excluding hydrogens is 873 g/mol. The van der Waals surface area contributed by atoms with Gasteiger partial charge in [0.05, 0.1) is 45.5 Å². The quantitative estimate of drug-likeness (QED) is 0.142. The summed E-state index contributed by atoms with van der Waals surface area (Å²) >= 11 is 0. The SMILES string of the molecule is CC1(C)c2ccccc2-c2c(N(c3ccccc3-c3ccccn3)c3ccc4ccc5c(N(c6ccccc6-c6ccccn6)c6cccc7c6-c6ccccc6C7(C)C)ccc6ccc3c4c65)cccc21. The van der Waals surface area contributed by atoms with Crippen molar-refractivity contribution in [2.24, 2.45) is 0 Å². The molecule has 0 bridgehead atoms. The van der Waals surface area contributed by atoms with Gasteiger partial charge < -0.3 is 9.80 Å². The Balaban J connectivity index is 1.06. The zero-order valence-electron chi connectivity index (χ0n) is 40.7. The number of anilines is 6. The van der Waals surface area contributed by atoms with E-state index in [0.717, 1.165) is 56.6 Å². The molecular formula is C68H50N4. The fourth-order valence-electron chi connectivity index (χ4n) is 12.6. The molecule has 12 aromatic rings. The van der Waals surface area contributed by atoms with E-state index in [9.17, 15) is 0 Å². The van der Waals surface area contributed by atoms with Gasteiger partial charge in [0.2, 0.25) is 0 Å². The van der Waals surface area contributed by atoms with Crippen LogP contribution in [0.15, 0.2) is 231 Å². The number of benzene rings is 10. The summed E-state index contributed by atoms with van der Waals surface area (Å²) < 4.78 is 0. The number of hydrogen-bond acceptors (Lipinski definition) is 4. The first-order chi connectivity index (χ1) is 35.3. The van der Waals surface area contributed by atoms with Crippen LogP contribution in [0.5, 0.6) is 0 Å². The van der Waals surface area contributed by atoms with E-state index in [-0.39, 0.29) is 10.8 Å². The Bertz CT molecular complexity index is 3850. The van der Waals surface area contributed by atoms with Crippen molar-refractivity contribution in [3.63, 3.8) is 0 Å². The molecule has 0 unspecified atom stereocenters. The van der Waals surface area contributed by atoms with Crippen LogP contribution in [-0.4, -0.2) is 9.97 Å². The number of aromatic nitrogens is 2. The predicted molar refractivity (Wildman–Crippen MR) is 301 cm³/mol. The van der Waals surface area contributed by atoms with Crippen LogP contribution in [0.2, 0.25) is 0 Å². The van der Waals surface area contributed by atoms with Crippen LogP contribution in [0.4, 0.5) is 34.1 Å². The average molecular weight is 923 g/mol. The lowest BCUT2D eigenvalue weighted by atomic mass is 9.82. The molecule has 0 N–H and O–H groups in total. The van der Waals surface area contributed by atoms with Gasteiger partial charge in [0.25, 0.3) is 0 Å². The Morgan fingerprint density at radius 3 is 1.08 bits per heavy atom. The second-order valence-corrected chi connectivity index (χ2v) is 20.5. The minimum Gasteiger partial charge on any atom is -0.309 e. The molecule has 0 radical (unpaired) electrons. The second-order valence-electron chi connectivity index (χ2n) is 20.5. The van der Waals surface area contributed by atoms with Gasteiger partial charge in [-0.2, -0.15) is 0 Å². The lowest BCUT2D eigenvalue weighted by molar-refractivity contribution is 0.660.